The zero-order valence-corrected chi connectivity index (χ0v) is 14.0. The van der Waals surface area contributed by atoms with Gasteiger partial charge in [0, 0.05) is 27.4 Å². The predicted octanol–water partition coefficient (Wildman–Crippen LogP) is 4.16. The molecule has 2 aromatic carbocycles. The van der Waals surface area contributed by atoms with Crippen molar-refractivity contribution in [2.24, 2.45) is 0 Å². The van der Waals surface area contributed by atoms with Crippen LogP contribution in [0.5, 0.6) is 0 Å². The third kappa shape index (κ3) is 4.44. The minimum absolute atomic E-state index is 0.137. The Morgan fingerprint density at radius 1 is 1.00 bits per heavy atom. The van der Waals surface area contributed by atoms with Gasteiger partial charge in [0.25, 0.3) is 5.91 Å². The van der Waals surface area contributed by atoms with Crippen LogP contribution in [0, 0.1) is 3.57 Å². The molecule has 0 bridgehead atoms. The van der Waals surface area contributed by atoms with Gasteiger partial charge in [-0.25, -0.2) is 0 Å². The van der Waals surface area contributed by atoms with Gasteiger partial charge >= 0.3 is 0 Å². The van der Waals surface area contributed by atoms with E-state index < -0.39 is 0 Å². The fourth-order valence-corrected chi connectivity index (χ4v) is 2.31. The molecule has 0 fully saturated rings. The standard InChI is InChI=1S/C15H12ClIN2O2/c1-9(20)18-11-3-5-12(6-4-11)19-15(21)10-2-7-13(16)14(17)8-10/h2-8H,1H3,(H,18,20)(H,19,21). The van der Waals surface area contributed by atoms with E-state index in [2.05, 4.69) is 33.2 Å². The number of nitrogens with one attached hydrogen (secondary N) is 2. The first-order valence-corrected chi connectivity index (χ1v) is 7.55. The van der Waals surface area contributed by atoms with Gasteiger partial charge in [-0.15, -0.1) is 0 Å². The Morgan fingerprint density at radius 3 is 2.10 bits per heavy atom. The monoisotopic (exact) mass is 414 g/mol. The highest BCUT2D eigenvalue weighted by molar-refractivity contribution is 14.1. The zero-order valence-electron chi connectivity index (χ0n) is 11.1. The first-order valence-electron chi connectivity index (χ1n) is 6.10. The van der Waals surface area contributed by atoms with Gasteiger partial charge in [-0.05, 0) is 65.1 Å². The lowest BCUT2D eigenvalue weighted by molar-refractivity contribution is -0.114. The number of carbonyl (C=O) groups is 2. The second kappa shape index (κ2) is 6.91. The van der Waals surface area contributed by atoms with Crippen molar-refractivity contribution in [3.05, 3.63) is 56.6 Å². The second-order valence-electron chi connectivity index (χ2n) is 4.34. The van der Waals surface area contributed by atoms with Crippen LogP contribution in [0.3, 0.4) is 0 Å². The SMILES string of the molecule is CC(=O)Nc1ccc(NC(=O)c2ccc(Cl)c(I)c2)cc1. The summed E-state index contributed by atoms with van der Waals surface area (Å²) in [5.74, 6) is -0.348. The van der Waals surface area contributed by atoms with Gasteiger partial charge in [0.2, 0.25) is 5.91 Å². The minimum atomic E-state index is -0.211. The quantitative estimate of drug-likeness (QED) is 0.741. The normalized spacial score (nSPS) is 10.0. The van der Waals surface area contributed by atoms with E-state index in [1.807, 2.05) is 0 Å². The average molecular weight is 415 g/mol. The molecule has 6 heteroatoms. The van der Waals surface area contributed by atoms with Crippen molar-refractivity contribution in [1.29, 1.82) is 0 Å². The third-order valence-electron chi connectivity index (χ3n) is 2.64. The van der Waals surface area contributed by atoms with E-state index in [-0.39, 0.29) is 11.8 Å². The summed E-state index contributed by atoms with van der Waals surface area (Å²) in [6.45, 7) is 1.44. The molecule has 0 aliphatic carbocycles. The maximum atomic E-state index is 12.1. The lowest BCUT2D eigenvalue weighted by atomic mass is 10.2. The fourth-order valence-electron chi connectivity index (χ4n) is 1.68. The van der Waals surface area contributed by atoms with Crippen LogP contribution in [0.4, 0.5) is 11.4 Å². The summed E-state index contributed by atoms with van der Waals surface area (Å²) >= 11 is 8.01. The van der Waals surface area contributed by atoms with Crippen LogP contribution in [0.15, 0.2) is 42.5 Å². The van der Waals surface area contributed by atoms with Gasteiger partial charge in [0.15, 0.2) is 0 Å². The predicted molar refractivity (Wildman–Crippen MR) is 92.9 cm³/mol. The summed E-state index contributed by atoms with van der Waals surface area (Å²) in [5, 5.41) is 6.07. The van der Waals surface area contributed by atoms with Crippen LogP contribution in [-0.4, -0.2) is 11.8 Å². The number of halogens is 2. The molecular formula is C15H12ClIN2O2. The maximum absolute atomic E-state index is 12.1. The van der Waals surface area contributed by atoms with Gasteiger partial charge in [-0.2, -0.15) is 0 Å². The Morgan fingerprint density at radius 2 is 1.57 bits per heavy atom. The van der Waals surface area contributed by atoms with Crippen LogP contribution in [-0.2, 0) is 4.79 Å². The number of anilines is 2. The van der Waals surface area contributed by atoms with Gasteiger partial charge in [-0.3, -0.25) is 9.59 Å². The minimum Gasteiger partial charge on any atom is -0.326 e. The summed E-state index contributed by atoms with van der Waals surface area (Å²) in [4.78, 5) is 23.0. The van der Waals surface area contributed by atoms with E-state index in [1.54, 1.807) is 42.5 Å². The van der Waals surface area contributed by atoms with Crippen LogP contribution < -0.4 is 10.6 Å². The zero-order chi connectivity index (χ0) is 15.4. The number of rotatable bonds is 3. The molecule has 2 rings (SSSR count). The molecule has 108 valence electrons. The smallest absolute Gasteiger partial charge is 0.255 e. The molecule has 4 nitrogen and oxygen atoms in total. The molecular weight excluding hydrogens is 403 g/mol. The highest BCUT2D eigenvalue weighted by Gasteiger charge is 2.08. The molecule has 0 saturated carbocycles. The highest BCUT2D eigenvalue weighted by atomic mass is 127. The number of carbonyl (C=O) groups excluding carboxylic acids is 2. The molecule has 0 heterocycles. The molecule has 2 amide bonds. The Kier molecular flexibility index (Phi) is 5.19. The lowest BCUT2D eigenvalue weighted by Gasteiger charge is -2.07. The van der Waals surface area contributed by atoms with Crippen LogP contribution in [0.25, 0.3) is 0 Å². The van der Waals surface area contributed by atoms with Crippen molar-refractivity contribution in [1.82, 2.24) is 0 Å². The summed E-state index contributed by atoms with van der Waals surface area (Å²) < 4.78 is 0.822. The summed E-state index contributed by atoms with van der Waals surface area (Å²) in [6.07, 6.45) is 0. The lowest BCUT2D eigenvalue weighted by Crippen LogP contribution is -2.12. The molecule has 2 N–H and O–H groups in total. The van der Waals surface area contributed by atoms with Crippen LogP contribution >= 0.6 is 34.2 Å². The molecule has 21 heavy (non-hydrogen) atoms. The average Bonchev–Trinajstić information content (AvgIpc) is 2.43. The van der Waals surface area contributed by atoms with Crippen LogP contribution in [0.2, 0.25) is 5.02 Å². The van der Waals surface area contributed by atoms with Crippen molar-refractivity contribution in [3.63, 3.8) is 0 Å². The molecule has 0 spiro atoms. The second-order valence-corrected chi connectivity index (χ2v) is 5.91. The van der Waals surface area contributed by atoms with Crippen molar-refractivity contribution >= 4 is 57.4 Å². The van der Waals surface area contributed by atoms with E-state index in [4.69, 9.17) is 11.6 Å². The van der Waals surface area contributed by atoms with E-state index in [0.717, 1.165) is 3.57 Å². The molecule has 0 aliphatic rings. The number of amides is 2. The maximum Gasteiger partial charge on any atom is 0.255 e. The van der Waals surface area contributed by atoms with Crippen molar-refractivity contribution in [2.75, 3.05) is 10.6 Å². The van der Waals surface area contributed by atoms with Gasteiger partial charge in [-0.1, -0.05) is 11.6 Å². The number of benzene rings is 2. The van der Waals surface area contributed by atoms with E-state index in [0.29, 0.717) is 22.0 Å². The summed E-state index contributed by atoms with van der Waals surface area (Å²) in [5.41, 5.74) is 1.87. The van der Waals surface area contributed by atoms with Gasteiger partial charge < -0.3 is 10.6 Å². The van der Waals surface area contributed by atoms with E-state index in [1.165, 1.54) is 6.92 Å². The molecule has 0 radical (unpaired) electrons. The first-order chi connectivity index (χ1) is 9.95. The Bertz CT molecular complexity index is 687. The fraction of sp³-hybridized carbons (Fsp3) is 0.0667. The molecule has 0 aromatic heterocycles. The molecule has 0 saturated heterocycles. The summed E-state index contributed by atoms with van der Waals surface area (Å²) in [6, 6.07) is 12.0. The Balaban J connectivity index is 2.08. The van der Waals surface area contributed by atoms with Crippen LogP contribution in [0.1, 0.15) is 17.3 Å². The third-order valence-corrected chi connectivity index (χ3v) is 4.19. The van der Waals surface area contributed by atoms with E-state index >= 15 is 0 Å². The Labute approximate surface area is 141 Å². The highest BCUT2D eigenvalue weighted by Crippen LogP contribution is 2.20. The number of hydrogen-bond donors (Lipinski definition) is 2. The van der Waals surface area contributed by atoms with Crippen molar-refractivity contribution in [3.8, 4) is 0 Å². The van der Waals surface area contributed by atoms with Gasteiger partial charge in [0.05, 0.1) is 5.02 Å². The molecule has 0 unspecified atom stereocenters. The molecule has 2 aromatic rings. The largest absolute Gasteiger partial charge is 0.326 e. The Hall–Kier alpha value is -1.60. The molecule has 0 aliphatic heterocycles. The van der Waals surface area contributed by atoms with E-state index in [9.17, 15) is 9.59 Å². The van der Waals surface area contributed by atoms with Crippen molar-refractivity contribution in [2.45, 2.75) is 6.92 Å². The molecule has 0 atom stereocenters. The topological polar surface area (TPSA) is 58.2 Å². The summed E-state index contributed by atoms with van der Waals surface area (Å²) in [7, 11) is 0. The van der Waals surface area contributed by atoms with Gasteiger partial charge in [0.1, 0.15) is 0 Å². The first kappa shape index (κ1) is 15.8. The number of hydrogen-bond acceptors (Lipinski definition) is 2. The van der Waals surface area contributed by atoms with Crippen molar-refractivity contribution < 1.29 is 9.59 Å².